The van der Waals surface area contributed by atoms with Gasteiger partial charge in [-0.15, -0.1) is 0 Å². The first-order valence-electron chi connectivity index (χ1n) is 16.1. The SMILES string of the molecule is Cc1cn(Cc2cccc(NC(=O)[C@H]3CN([C@H]4c5ccc(Cl)cc5CCc5cc(Br)cnc54)CCN3C(=O)Nc3ccc(Cl)cc3)c2)cn1. The Balaban J connectivity index is 1.20. The van der Waals surface area contributed by atoms with E-state index < -0.39 is 6.04 Å². The molecule has 3 aromatic carbocycles. The molecule has 3 amide bonds. The van der Waals surface area contributed by atoms with E-state index >= 15 is 0 Å². The van der Waals surface area contributed by atoms with Crippen LogP contribution in [0.3, 0.4) is 0 Å². The van der Waals surface area contributed by atoms with E-state index in [4.69, 9.17) is 28.2 Å². The maximum absolute atomic E-state index is 14.3. The molecule has 0 unspecified atom stereocenters. The fourth-order valence-electron chi connectivity index (χ4n) is 6.76. The number of hydrogen-bond donors (Lipinski definition) is 2. The summed E-state index contributed by atoms with van der Waals surface area (Å²) in [6.07, 6.45) is 7.22. The van der Waals surface area contributed by atoms with E-state index in [0.29, 0.717) is 41.1 Å². The van der Waals surface area contributed by atoms with E-state index in [1.807, 2.05) is 60.3 Å². The Morgan fingerprint density at radius 1 is 0.898 bits per heavy atom. The fraction of sp³-hybridized carbons (Fsp3) is 0.243. The number of halogens is 3. The zero-order valence-electron chi connectivity index (χ0n) is 26.7. The lowest BCUT2D eigenvalue weighted by Gasteiger charge is -2.43. The molecule has 49 heavy (non-hydrogen) atoms. The van der Waals surface area contributed by atoms with Crippen molar-refractivity contribution in [2.24, 2.45) is 0 Å². The van der Waals surface area contributed by atoms with Gasteiger partial charge in [-0.1, -0.05) is 41.4 Å². The van der Waals surface area contributed by atoms with Crippen LogP contribution in [-0.4, -0.2) is 61.9 Å². The highest BCUT2D eigenvalue weighted by Crippen LogP contribution is 2.38. The third-order valence-electron chi connectivity index (χ3n) is 9.05. The van der Waals surface area contributed by atoms with Crippen LogP contribution in [0.25, 0.3) is 0 Å². The summed E-state index contributed by atoms with van der Waals surface area (Å²) in [5.74, 6) is -0.277. The second kappa shape index (κ2) is 14.3. The molecular weight excluding hydrogens is 725 g/mol. The molecule has 0 saturated carbocycles. The van der Waals surface area contributed by atoms with E-state index in [0.717, 1.165) is 51.0 Å². The molecule has 1 aliphatic carbocycles. The molecule has 2 N–H and O–H groups in total. The van der Waals surface area contributed by atoms with Crippen molar-refractivity contribution in [3.05, 3.63) is 140 Å². The van der Waals surface area contributed by atoms with E-state index in [1.165, 1.54) is 0 Å². The number of hydrogen-bond acceptors (Lipinski definition) is 5. The van der Waals surface area contributed by atoms with Crippen molar-refractivity contribution in [2.75, 3.05) is 30.3 Å². The average molecular weight is 760 g/mol. The molecule has 7 rings (SSSR count). The molecule has 0 bridgehead atoms. The van der Waals surface area contributed by atoms with Crippen LogP contribution in [0.4, 0.5) is 16.2 Å². The van der Waals surface area contributed by atoms with Crippen LogP contribution in [0.2, 0.25) is 10.0 Å². The predicted molar refractivity (Wildman–Crippen MR) is 196 cm³/mol. The number of carbonyl (C=O) groups excluding carboxylic acids is 2. The standard InChI is InChI=1S/C37H34BrCl2N7O2/c1-23-19-45(22-42-23)20-24-3-2-4-31(15-24)43-36(48)33-21-46(13-14-47(33)37(49)44-30-10-7-28(39)8-11-30)35-32-12-9-29(40)17-25(32)5-6-26-16-27(38)18-41-34(26)35/h2-4,7-12,15-19,22,33,35H,5-6,13-14,20-21H2,1H3,(H,43,48)(H,44,49)/t33-,35+/m1/s1. The summed E-state index contributed by atoms with van der Waals surface area (Å²) in [5.41, 5.74) is 7.55. The summed E-state index contributed by atoms with van der Waals surface area (Å²) in [6, 6.07) is 21.4. The number of anilines is 2. The number of aromatic nitrogens is 3. The number of rotatable bonds is 6. The minimum absolute atomic E-state index is 0.225. The number of carbonyl (C=O) groups is 2. The molecule has 2 aromatic heterocycles. The van der Waals surface area contributed by atoms with Crippen LogP contribution in [0.5, 0.6) is 0 Å². The highest BCUT2D eigenvalue weighted by molar-refractivity contribution is 9.10. The quantitative estimate of drug-likeness (QED) is 0.185. The van der Waals surface area contributed by atoms with Crippen LogP contribution in [0.15, 0.2) is 96.0 Å². The third-order valence-corrected chi connectivity index (χ3v) is 9.97. The molecule has 9 nitrogen and oxygen atoms in total. The second-order valence-electron chi connectivity index (χ2n) is 12.5. The van der Waals surface area contributed by atoms with Crippen LogP contribution in [0.1, 0.15) is 39.7 Å². The van der Waals surface area contributed by atoms with Crippen molar-refractivity contribution in [1.82, 2.24) is 24.3 Å². The number of imidazole rings is 1. The smallest absolute Gasteiger partial charge is 0.322 e. The van der Waals surface area contributed by atoms with Crippen molar-refractivity contribution in [3.63, 3.8) is 0 Å². The van der Waals surface area contributed by atoms with Crippen LogP contribution >= 0.6 is 39.1 Å². The van der Waals surface area contributed by atoms with Gasteiger partial charge in [0.1, 0.15) is 6.04 Å². The topological polar surface area (TPSA) is 95.4 Å². The van der Waals surface area contributed by atoms with Gasteiger partial charge in [-0.05, 0) is 113 Å². The van der Waals surface area contributed by atoms with Crippen LogP contribution < -0.4 is 10.6 Å². The lowest BCUT2D eigenvalue weighted by atomic mass is 9.95. The van der Waals surface area contributed by atoms with Gasteiger partial charge in [-0.25, -0.2) is 9.78 Å². The van der Waals surface area contributed by atoms with Crippen molar-refractivity contribution in [2.45, 2.75) is 38.4 Å². The summed E-state index contributed by atoms with van der Waals surface area (Å²) in [7, 11) is 0. The number of pyridine rings is 1. The highest BCUT2D eigenvalue weighted by atomic mass is 79.9. The lowest BCUT2D eigenvalue weighted by molar-refractivity contribution is -0.122. The van der Waals surface area contributed by atoms with Gasteiger partial charge >= 0.3 is 6.03 Å². The molecule has 5 aromatic rings. The number of aryl methyl sites for hydroxylation is 3. The predicted octanol–water partition coefficient (Wildman–Crippen LogP) is 7.75. The van der Waals surface area contributed by atoms with Gasteiger partial charge in [0.15, 0.2) is 0 Å². The van der Waals surface area contributed by atoms with Crippen LogP contribution in [0, 0.1) is 6.92 Å². The monoisotopic (exact) mass is 757 g/mol. The van der Waals surface area contributed by atoms with Gasteiger partial charge < -0.3 is 20.1 Å². The minimum atomic E-state index is -0.807. The van der Waals surface area contributed by atoms with Gasteiger partial charge in [-0.3, -0.25) is 14.7 Å². The average Bonchev–Trinajstić information content (AvgIpc) is 3.42. The molecule has 1 aliphatic heterocycles. The van der Waals surface area contributed by atoms with Crippen LogP contribution in [-0.2, 0) is 24.2 Å². The Morgan fingerprint density at radius 2 is 1.69 bits per heavy atom. The van der Waals surface area contributed by atoms with Gasteiger partial charge in [0.2, 0.25) is 5.91 Å². The Kier molecular flexibility index (Phi) is 9.73. The molecule has 12 heteroatoms. The molecule has 2 atom stereocenters. The molecule has 2 aliphatic rings. The molecule has 0 spiro atoms. The Bertz CT molecular complexity index is 1970. The maximum atomic E-state index is 14.3. The van der Waals surface area contributed by atoms with Crippen molar-refractivity contribution in [1.29, 1.82) is 0 Å². The van der Waals surface area contributed by atoms with E-state index in [1.54, 1.807) is 35.5 Å². The highest BCUT2D eigenvalue weighted by Gasteiger charge is 2.40. The number of urea groups is 1. The first-order valence-corrected chi connectivity index (χ1v) is 17.6. The summed E-state index contributed by atoms with van der Waals surface area (Å²) in [5, 5.41) is 7.34. The van der Waals surface area contributed by atoms with Gasteiger partial charge in [0.25, 0.3) is 0 Å². The van der Waals surface area contributed by atoms with E-state index in [2.05, 4.69) is 48.6 Å². The number of fused-ring (bicyclic) bond motifs is 2. The summed E-state index contributed by atoms with van der Waals surface area (Å²) in [4.78, 5) is 41.3. The maximum Gasteiger partial charge on any atom is 0.322 e. The van der Waals surface area contributed by atoms with Gasteiger partial charge in [0.05, 0.1) is 23.8 Å². The summed E-state index contributed by atoms with van der Waals surface area (Å²) >= 11 is 16.2. The first kappa shape index (κ1) is 33.3. The largest absolute Gasteiger partial charge is 0.333 e. The number of benzene rings is 3. The lowest BCUT2D eigenvalue weighted by Crippen LogP contribution is -2.61. The molecule has 250 valence electrons. The number of nitrogens with zero attached hydrogens (tertiary/aromatic N) is 5. The Morgan fingerprint density at radius 3 is 2.49 bits per heavy atom. The van der Waals surface area contributed by atoms with E-state index in [-0.39, 0.29) is 24.5 Å². The summed E-state index contributed by atoms with van der Waals surface area (Å²) in [6.45, 7) is 3.71. The number of nitrogens with one attached hydrogen (secondary N) is 2. The van der Waals surface area contributed by atoms with Crippen molar-refractivity contribution in [3.8, 4) is 0 Å². The Labute approximate surface area is 303 Å². The van der Waals surface area contributed by atoms with Gasteiger partial charge in [0, 0.05) is 64.5 Å². The van der Waals surface area contributed by atoms with Gasteiger partial charge in [-0.2, -0.15) is 0 Å². The molecular formula is C37H34BrCl2N7O2. The Hall–Kier alpha value is -4.22. The fourth-order valence-corrected chi connectivity index (χ4v) is 7.46. The number of amides is 3. The second-order valence-corrected chi connectivity index (χ2v) is 14.3. The third kappa shape index (κ3) is 7.52. The summed E-state index contributed by atoms with van der Waals surface area (Å²) < 4.78 is 2.92. The molecule has 1 saturated heterocycles. The number of piperazine rings is 1. The zero-order chi connectivity index (χ0) is 34.1. The molecule has 3 heterocycles. The molecule has 1 fully saturated rings. The normalized spacial score (nSPS) is 17.5. The molecule has 0 radical (unpaired) electrons. The minimum Gasteiger partial charge on any atom is -0.333 e. The zero-order valence-corrected chi connectivity index (χ0v) is 29.8. The first-order chi connectivity index (χ1) is 23.7. The van der Waals surface area contributed by atoms with Crippen molar-refractivity contribution < 1.29 is 9.59 Å². The van der Waals surface area contributed by atoms with Crippen molar-refractivity contribution >= 4 is 62.4 Å². The van der Waals surface area contributed by atoms with E-state index in [9.17, 15) is 9.59 Å².